The molecule has 0 radical (unpaired) electrons. The lowest BCUT2D eigenvalue weighted by Gasteiger charge is -2.13. The Morgan fingerprint density at radius 2 is 1.65 bits per heavy atom. The SMILES string of the molecule is CC(=O)c1ccccc1NC(=S)Nc1ccc(C)cc1. The highest BCUT2D eigenvalue weighted by Crippen LogP contribution is 2.16. The Bertz CT molecular complexity index is 635. The van der Waals surface area contributed by atoms with E-state index < -0.39 is 0 Å². The van der Waals surface area contributed by atoms with E-state index in [1.54, 1.807) is 6.07 Å². The van der Waals surface area contributed by atoms with E-state index in [9.17, 15) is 4.79 Å². The molecule has 0 spiro atoms. The van der Waals surface area contributed by atoms with E-state index in [4.69, 9.17) is 12.2 Å². The van der Waals surface area contributed by atoms with E-state index in [2.05, 4.69) is 10.6 Å². The molecule has 0 bridgehead atoms. The molecule has 0 heterocycles. The number of ketones is 1. The number of carbonyl (C=O) groups is 1. The summed E-state index contributed by atoms with van der Waals surface area (Å²) in [5, 5.41) is 6.61. The van der Waals surface area contributed by atoms with Gasteiger partial charge in [-0.05, 0) is 50.3 Å². The Balaban J connectivity index is 2.08. The lowest BCUT2D eigenvalue weighted by atomic mass is 10.1. The number of anilines is 2. The number of Topliss-reactive ketones (excluding diaryl/α,β-unsaturated/α-hetero) is 1. The molecule has 0 aliphatic carbocycles. The number of para-hydroxylation sites is 1. The number of rotatable bonds is 3. The molecule has 0 aromatic heterocycles. The molecule has 2 N–H and O–H groups in total. The van der Waals surface area contributed by atoms with Crippen LogP contribution in [0.3, 0.4) is 0 Å². The lowest BCUT2D eigenvalue weighted by Crippen LogP contribution is -2.20. The summed E-state index contributed by atoms with van der Waals surface area (Å²) in [4.78, 5) is 11.5. The minimum absolute atomic E-state index is 0.00577. The van der Waals surface area contributed by atoms with Gasteiger partial charge in [0.05, 0.1) is 5.69 Å². The average molecular weight is 284 g/mol. The number of thiocarbonyl (C=S) groups is 1. The first kappa shape index (κ1) is 14.2. The standard InChI is InChI=1S/C16H16N2OS/c1-11-7-9-13(10-8-11)17-16(20)18-15-6-4-3-5-14(15)12(2)19/h3-10H,1-2H3,(H2,17,18,20). The molecule has 102 valence electrons. The van der Waals surface area contributed by atoms with Crippen LogP contribution in [0.25, 0.3) is 0 Å². The maximum atomic E-state index is 11.5. The van der Waals surface area contributed by atoms with E-state index >= 15 is 0 Å². The topological polar surface area (TPSA) is 41.1 Å². The van der Waals surface area contributed by atoms with Crippen molar-refractivity contribution in [3.05, 3.63) is 59.7 Å². The Morgan fingerprint density at radius 1 is 1.00 bits per heavy atom. The second kappa shape index (κ2) is 6.30. The zero-order chi connectivity index (χ0) is 14.5. The molecule has 2 aromatic carbocycles. The zero-order valence-electron chi connectivity index (χ0n) is 11.4. The molecule has 0 atom stereocenters. The van der Waals surface area contributed by atoms with Gasteiger partial charge in [-0.15, -0.1) is 0 Å². The second-order valence-electron chi connectivity index (χ2n) is 4.55. The van der Waals surface area contributed by atoms with Crippen LogP contribution in [0.4, 0.5) is 11.4 Å². The van der Waals surface area contributed by atoms with Gasteiger partial charge < -0.3 is 10.6 Å². The lowest BCUT2D eigenvalue weighted by molar-refractivity contribution is 0.101. The molecule has 0 amide bonds. The molecule has 3 nitrogen and oxygen atoms in total. The summed E-state index contributed by atoms with van der Waals surface area (Å²) in [7, 11) is 0. The quantitative estimate of drug-likeness (QED) is 0.660. The maximum Gasteiger partial charge on any atom is 0.175 e. The number of nitrogens with one attached hydrogen (secondary N) is 2. The van der Waals surface area contributed by atoms with Gasteiger partial charge in [-0.1, -0.05) is 29.8 Å². The maximum absolute atomic E-state index is 11.5. The van der Waals surface area contributed by atoms with Crippen molar-refractivity contribution in [1.29, 1.82) is 0 Å². The summed E-state index contributed by atoms with van der Waals surface area (Å²) >= 11 is 5.26. The zero-order valence-corrected chi connectivity index (χ0v) is 12.3. The smallest absolute Gasteiger partial charge is 0.175 e. The van der Waals surface area contributed by atoms with E-state index in [1.807, 2.05) is 49.4 Å². The monoisotopic (exact) mass is 284 g/mol. The third kappa shape index (κ3) is 3.65. The van der Waals surface area contributed by atoms with Crippen molar-refractivity contribution in [3.63, 3.8) is 0 Å². The van der Waals surface area contributed by atoms with Crippen LogP contribution in [0.5, 0.6) is 0 Å². The van der Waals surface area contributed by atoms with Crippen LogP contribution in [0.15, 0.2) is 48.5 Å². The number of carbonyl (C=O) groups excluding carboxylic acids is 1. The van der Waals surface area contributed by atoms with Gasteiger partial charge in [-0.3, -0.25) is 4.79 Å². The first-order valence-corrected chi connectivity index (χ1v) is 6.72. The van der Waals surface area contributed by atoms with Crippen molar-refractivity contribution in [3.8, 4) is 0 Å². The van der Waals surface area contributed by atoms with Crippen LogP contribution >= 0.6 is 12.2 Å². The highest BCUT2D eigenvalue weighted by atomic mass is 32.1. The van der Waals surface area contributed by atoms with Crippen molar-refractivity contribution in [1.82, 2.24) is 0 Å². The molecule has 2 aromatic rings. The highest BCUT2D eigenvalue weighted by Gasteiger charge is 2.07. The van der Waals surface area contributed by atoms with E-state index in [0.29, 0.717) is 16.4 Å². The molecule has 2 rings (SSSR count). The third-order valence-electron chi connectivity index (χ3n) is 2.86. The van der Waals surface area contributed by atoms with Crippen molar-refractivity contribution < 1.29 is 4.79 Å². The Hall–Kier alpha value is -2.20. The summed E-state index contributed by atoms with van der Waals surface area (Å²) in [6.07, 6.45) is 0. The molecule has 0 saturated carbocycles. The van der Waals surface area contributed by atoms with Crippen LogP contribution in [-0.4, -0.2) is 10.9 Å². The Labute approximate surface area is 124 Å². The predicted octanol–water partition coefficient (Wildman–Crippen LogP) is 4.01. The van der Waals surface area contributed by atoms with Crippen molar-refractivity contribution in [2.24, 2.45) is 0 Å². The third-order valence-corrected chi connectivity index (χ3v) is 3.07. The van der Waals surface area contributed by atoms with E-state index in [1.165, 1.54) is 12.5 Å². The van der Waals surface area contributed by atoms with Gasteiger partial charge in [0.25, 0.3) is 0 Å². The second-order valence-corrected chi connectivity index (χ2v) is 4.96. The van der Waals surface area contributed by atoms with Crippen molar-refractivity contribution in [2.75, 3.05) is 10.6 Å². The van der Waals surface area contributed by atoms with Gasteiger partial charge in [0, 0.05) is 11.3 Å². The first-order chi connectivity index (χ1) is 9.56. The molecule has 4 heteroatoms. The largest absolute Gasteiger partial charge is 0.332 e. The van der Waals surface area contributed by atoms with Gasteiger partial charge in [0.15, 0.2) is 10.9 Å². The fraction of sp³-hybridized carbons (Fsp3) is 0.125. The molecule has 0 saturated heterocycles. The minimum atomic E-state index is 0.00577. The van der Waals surface area contributed by atoms with Crippen LogP contribution in [0, 0.1) is 6.92 Å². The van der Waals surface area contributed by atoms with Crippen LogP contribution in [-0.2, 0) is 0 Å². The number of aryl methyl sites for hydroxylation is 1. The predicted molar refractivity (Wildman–Crippen MR) is 87.5 cm³/mol. The summed E-state index contributed by atoms with van der Waals surface area (Å²) in [6, 6.07) is 15.2. The van der Waals surface area contributed by atoms with Crippen molar-refractivity contribution in [2.45, 2.75) is 13.8 Å². The van der Waals surface area contributed by atoms with Gasteiger partial charge >= 0.3 is 0 Å². The Morgan fingerprint density at radius 3 is 2.30 bits per heavy atom. The fourth-order valence-corrected chi connectivity index (χ4v) is 2.05. The number of benzene rings is 2. The van der Waals surface area contributed by atoms with Gasteiger partial charge in [-0.2, -0.15) is 0 Å². The molecule has 20 heavy (non-hydrogen) atoms. The van der Waals surface area contributed by atoms with E-state index in [-0.39, 0.29) is 5.78 Å². The number of hydrogen-bond acceptors (Lipinski definition) is 2. The molecular weight excluding hydrogens is 268 g/mol. The van der Waals surface area contributed by atoms with Crippen LogP contribution in [0.1, 0.15) is 22.8 Å². The molecule has 0 aliphatic rings. The van der Waals surface area contributed by atoms with Gasteiger partial charge in [-0.25, -0.2) is 0 Å². The molecular formula is C16H16N2OS. The Kier molecular flexibility index (Phi) is 4.48. The molecule has 0 unspecified atom stereocenters. The fourth-order valence-electron chi connectivity index (χ4n) is 1.82. The normalized spacial score (nSPS) is 9.90. The summed E-state index contributed by atoms with van der Waals surface area (Å²) in [6.45, 7) is 3.57. The average Bonchev–Trinajstić information content (AvgIpc) is 2.41. The van der Waals surface area contributed by atoms with Gasteiger partial charge in [0.1, 0.15) is 0 Å². The minimum Gasteiger partial charge on any atom is -0.332 e. The number of hydrogen-bond donors (Lipinski definition) is 2. The summed E-state index contributed by atoms with van der Waals surface area (Å²) in [5.74, 6) is 0.00577. The molecule has 0 fully saturated rings. The van der Waals surface area contributed by atoms with Crippen LogP contribution in [0.2, 0.25) is 0 Å². The molecule has 0 aliphatic heterocycles. The first-order valence-electron chi connectivity index (χ1n) is 6.31. The highest BCUT2D eigenvalue weighted by molar-refractivity contribution is 7.80. The van der Waals surface area contributed by atoms with Crippen LogP contribution < -0.4 is 10.6 Å². The van der Waals surface area contributed by atoms with Gasteiger partial charge in [0.2, 0.25) is 0 Å². The van der Waals surface area contributed by atoms with Crippen molar-refractivity contribution >= 4 is 34.5 Å². The summed E-state index contributed by atoms with van der Waals surface area (Å²) in [5.41, 5.74) is 3.44. The van der Waals surface area contributed by atoms with E-state index in [0.717, 1.165) is 5.69 Å². The summed E-state index contributed by atoms with van der Waals surface area (Å²) < 4.78 is 0.